The van der Waals surface area contributed by atoms with Crippen LogP contribution >= 0.6 is 0 Å². The van der Waals surface area contributed by atoms with Gasteiger partial charge in [0, 0.05) is 28.7 Å². The maximum absolute atomic E-state index is 12.7. The van der Waals surface area contributed by atoms with E-state index >= 15 is 0 Å². The van der Waals surface area contributed by atoms with Crippen LogP contribution in [-0.4, -0.2) is 43.5 Å². The summed E-state index contributed by atoms with van der Waals surface area (Å²) < 4.78 is 5.23. The van der Waals surface area contributed by atoms with E-state index in [0.717, 1.165) is 27.9 Å². The maximum Gasteiger partial charge on any atom is 0.251 e. The second-order valence-electron chi connectivity index (χ2n) is 7.10. The number of benzene rings is 2. The summed E-state index contributed by atoms with van der Waals surface area (Å²) >= 11 is 0. The molecule has 0 aliphatic heterocycles. The Labute approximate surface area is 160 Å². The van der Waals surface area contributed by atoms with Crippen LogP contribution in [-0.2, 0) is 0 Å². The fraction of sp³-hybridized carbons (Fsp3) is 0.318. The lowest BCUT2D eigenvalue weighted by molar-refractivity contribution is 0.0942. The third-order valence-corrected chi connectivity index (χ3v) is 5.15. The number of aryl methyl sites for hydroxylation is 2. The normalized spacial score (nSPS) is 12.4. The minimum Gasteiger partial charge on any atom is -0.497 e. The zero-order valence-electron chi connectivity index (χ0n) is 16.6. The summed E-state index contributed by atoms with van der Waals surface area (Å²) in [7, 11) is 5.68. The number of amides is 1. The molecule has 142 valence electrons. The van der Waals surface area contributed by atoms with E-state index in [4.69, 9.17) is 4.74 Å². The second-order valence-corrected chi connectivity index (χ2v) is 7.10. The molecule has 0 bridgehead atoms. The van der Waals surface area contributed by atoms with Crippen LogP contribution in [0.2, 0.25) is 0 Å². The number of rotatable bonds is 6. The Balaban J connectivity index is 1.74. The van der Waals surface area contributed by atoms with E-state index < -0.39 is 0 Å². The predicted molar refractivity (Wildman–Crippen MR) is 110 cm³/mol. The standard InChI is InChI=1S/C22H27N3O2/c1-14-15(2)24-20-11-8-17(12-19(14)20)22(26)23-13-21(25(3)4)16-6-9-18(27-5)10-7-16/h6-12,21,24H,13H2,1-5H3,(H,23,26). The summed E-state index contributed by atoms with van der Waals surface area (Å²) in [5.74, 6) is 0.765. The molecular formula is C22H27N3O2. The third-order valence-electron chi connectivity index (χ3n) is 5.15. The fourth-order valence-corrected chi connectivity index (χ4v) is 3.32. The number of fused-ring (bicyclic) bond motifs is 1. The molecule has 3 rings (SSSR count). The van der Waals surface area contributed by atoms with Gasteiger partial charge in [0.25, 0.3) is 5.91 Å². The van der Waals surface area contributed by atoms with Gasteiger partial charge in [-0.15, -0.1) is 0 Å². The number of nitrogens with one attached hydrogen (secondary N) is 2. The van der Waals surface area contributed by atoms with Gasteiger partial charge in [0.05, 0.1) is 13.2 Å². The Morgan fingerprint density at radius 2 is 1.85 bits per heavy atom. The van der Waals surface area contributed by atoms with Crippen LogP contribution < -0.4 is 10.1 Å². The van der Waals surface area contributed by atoms with E-state index in [1.54, 1.807) is 7.11 Å². The molecular weight excluding hydrogens is 338 g/mol. The van der Waals surface area contributed by atoms with Crippen molar-refractivity contribution in [2.45, 2.75) is 19.9 Å². The number of H-pyrrole nitrogens is 1. The molecule has 1 amide bonds. The monoisotopic (exact) mass is 365 g/mol. The van der Waals surface area contributed by atoms with Crippen molar-refractivity contribution in [2.75, 3.05) is 27.7 Å². The van der Waals surface area contributed by atoms with Crippen LogP contribution in [0.3, 0.4) is 0 Å². The number of carbonyl (C=O) groups excluding carboxylic acids is 1. The molecule has 27 heavy (non-hydrogen) atoms. The molecule has 0 saturated heterocycles. The van der Waals surface area contributed by atoms with Crippen LogP contribution in [0.1, 0.15) is 33.2 Å². The Morgan fingerprint density at radius 3 is 2.48 bits per heavy atom. The van der Waals surface area contributed by atoms with Crippen LogP contribution in [0.4, 0.5) is 0 Å². The van der Waals surface area contributed by atoms with Crippen molar-refractivity contribution in [3.05, 3.63) is 64.8 Å². The summed E-state index contributed by atoms with van der Waals surface area (Å²) in [5.41, 5.74) is 5.19. The molecule has 3 aromatic rings. The zero-order chi connectivity index (χ0) is 19.6. The third kappa shape index (κ3) is 3.98. The maximum atomic E-state index is 12.7. The van der Waals surface area contributed by atoms with E-state index in [2.05, 4.69) is 22.1 Å². The summed E-state index contributed by atoms with van der Waals surface area (Å²) in [4.78, 5) is 18.1. The Hall–Kier alpha value is -2.79. The minimum atomic E-state index is -0.0597. The summed E-state index contributed by atoms with van der Waals surface area (Å²) in [5, 5.41) is 4.17. The molecule has 0 saturated carbocycles. The molecule has 0 aliphatic rings. The molecule has 0 radical (unpaired) electrons. The number of hydrogen-bond acceptors (Lipinski definition) is 3. The Bertz CT molecular complexity index is 942. The minimum absolute atomic E-state index is 0.0597. The van der Waals surface area contributed by atoms with E-state index in [1.807, 2.05) is 63.5 Å². The number of carbonyl (C=O) groups is 1. The van der Waals surface area contributed by atoms with Gasteiger partial charge in [-0.25, -0.2) is 0 Å². The zero-order valence-corrected chi connectivity index (χ0v) is 16.6. The van der Waals surface area contributed by atoms with Crippen molar-refractivity contribution < 1.29 is 9.53 Å². The highest BCUT2D eigenvalue weighted by molar-refractivity contribution is 5.99. The first kappa shape index (κ1) is 19.0. The quantitative estimate of drug-likeness (QED) is 0.698. The summed E-state index contributed by atoms with van der Waals surface area (Å²) in [6.45, 7) is 4.65. The first-order valence-corrected chi connectivity index (χ1v) is 9.08. The van der Waals surface area contributed by atoms with Gasteiger partial charge in [-0.1, -0.05) is 12.1 Å². The number of hydrogen-bond donors (Lipinski definition) is 2. The van der Waals surface area contributed by atoms with Crippen molar-refractivity contribution in [3.63, 3.8) is 0 Å². The van der Waals surface area contributed by atoms with E-state index in [9.17, 15) is 4.79 Å². The van der Waals surface area contributed by atoms with Crippen molar-refractivity contribution in [3.8, 4) is 5.75 Å². The van der Waals surface area contributed by atoms with Gasteiger partial charge in [-0.05, 0) is 69.4 Å². The molecule has 2 aromatic carbocycles. The number of aromatic amines is 1. The highest BCUT2D eigenvalue weighted by Crippen LogP contribution is 2.23. The fourth-order valence-electron chi connectivity index (χ4n) is 3.32. The highest BCUT2D eigenvalue weighted by atomic mass is 16.5. The molecule has 1 atom stereocenters. The summed E-state index contributed by atoms with van der Waals surface area (Å²) in [6.07, 6.45) is 0. The predicted octanol–water partition coefficient (Wildman–Crippen LogP) is 3.83. The van der Waals surface area contributed by atoms with Crippen molar-refractivity contribution in [2.24, 2.45) is 0 Å². The van der Waals surface area contributed by atoms with Gasteiger partial charge in [-0.2, -0.15) is 0 Å². The van der Waals surface area contributed by atoms with Crippen LogP contribution in [0.15, 0.2) is 42.5 Å². The molecule has 1 heterocycles. The molecule has 1 aromatic heterocycles. The van der Waals surface area contributed by atoms with Gasteiger partial charge in [0.1, 0.15) is 5.75 Å². The molecule has 0 fully saturated rings. The van der Waals surface area contributed by atoms with E-state index in [0.29, 0.717) is 12.1 Å². The number of aromatic nitrogens is 1. The van der Waals surface area contributed by atoms with Crippen molar-refractivity contribution in [1.82, 2.24) is 15.2 Å². The van der Waals surface area contributed by atoms with Gasteiger partial charge in [0.15, 0.2) is 0 Å². The first-order chi connectivity index (χ1) is 12.9. The molecule has 2 N–H and O–H groups in total. The average molecular weight is 365 g/mol. The van der Waals surface area contributed by atoms with Gasteiger partial charge < -0.3 is 19.9 Å². The molecule has 5 heteroatoms. The average Bonchev–Trinajstić information content (AvgIpc) is 2.95. The number of likely N-dealkylation sites (N-methyl/N-ethyl adjacent to an activating group) is 1. The van der Waals surface area contributed by atoms with Gasteiger partial charge in [-0.3, -0.25) is 4.79 Å². The van der Waals surface area contributed by atoms with Crippen LogP contribution in [0, 0.1) is 13.8 Å². The largest absolute Gasteiger partial charge is 0.497 e. The van der Waals surface area contributed by atoms with Crippen LogP contribution in [0.5, 0.6) is 5.75 Å². The SMILES string of the molecule is COc1ccc(C(CNC(=O)c2ccc3[nH]c(C)c(C)c3c2)N(C)C)cc1. The van der Waals surface area contributed by atoms with Gasteiger partial charge >= 0.3 is 0 Å². The molecule has 5 nitrogen and oxygen atoms in total. The van der Waals surface area contributed by atoms with E-state index in [1.165, 1.54) is 5.56 Å². The molecule has 0 aliphatic carbocycles. The highest BCUT2D eigenvalue weighted by Gasteiger charge is 2.17. The van der Waals surface area contributed by atoms with E-state index in [-0.39, 0.29) is 11.9 Å². The number of methoxy groups -OCH3 is 1. The molecule has 1 unspecified atom stereocenters. The van der Waals surface area contributed by atoms with Crippen molar-refractivity contribution in [1.29, 1.82) is 0 Å². The topological polar surface area (TPSA) is 57.4 Å². The smallest absolute Gasteiger partial charge is 0.251 e. The summed E-state index contributed by atoms with van der Waals surface area (Å²) in [6, 6.07) is 13.8. The van der Waals surface area contributed by atoms with Crippen molar-refractivity contribution >= 4 is 16.8 Å². The van der Waals surface area contributed by atoms with Gasteiger partial charge in [0.2, 0.25) is 0 Å². The number of ether oxygens (including phenoxy) is 1. The lowest BCUT2D eigenvalue weighted by Gasteiger charge is -2.25. The first-order valence-electron chi connectivity index (χ1n) is 9.08. The number of nitrogens with zero attached hydrogens (tertiary/aromatic N) is 1. The Morgan fingerprint density at radius 1 is 1.15 bits per heavy atom. The Kier molecular flexibility index (Phi) is 5.51. The lowest BCUT2D eigenvalue weighted by atomic mass is 10.0. The molecule has 0 spiro atoms. The second kappa shape index (κ2) is 7.84. The lowest BCUT2D eigenvalue weighted by Crippen LogP contribution is -2.34. The van der Waals surface area contributed by atoms with Crippen LogP contribution in [0.25, 0.3) is 10.9 Å².